The predicted molar refractivity (Wildman–Crippen MR) is 123 cm³/mol. The minimum atomic E-state index is -1.11. The minimum Gasteiger partial charge on any atom is -0.350 e. The third kappa shape index (κ3) is 3.86. The summed E-state index contributed by atoms with van der Waals surface area (Å²) in [5, 5.41) is 6.49. The van der Waals surface area contributed by atoms with Gasteiger partial charge in [0.15, 0.2) is 0 Å². The molecule has 0 saturated carbocycles. The van der Waals surface area contributed by atoms with E-state index in [1.807, 2.05) is 59.2 Å². The van der Waals surface area contributed by atoms with Crippen LogP contribution in [0.1, 0.15) is 35.5 Å². The lowest BCUT2D eigenvalue weighted by molar-refractivity contribution is -0.134. The van der Waals surface area contributed by atoms with E-state index in [-0.39, 0.29) is 24.3 Å². The predicted octanol–water partition coefficient (Wildman–Crippen LogP) is 2.48. The topological polar surface area (TPSA) is 83.4 Å². The molecule has 0 bridgehead atoms. The zero-order valence-corrected chi connectivity index (χ0v) is 18.6. The largest absolute Gasteiger partial charge is 0.350 e. The minimum absolute atomic E-state index is 0.150. The number of fused-ring (bicyclic) bond motifs is 3. The highest BCUT2D eigenvalue weighted by atomic mass is 16.2. The summed E-state index contributed by atoms with van der Waals surface area (Å²) >= 11 is 0. The zero-order valence-electron chi connectivity index (χ0n) is 18.6. The van der Waals surface area contributed by atoms with Crippen molar-refractivity contribution in [3.05, 3.63) is 71.4 Å². The lowest BCUT2D eigenvalue weighted by atomic mass is 9.95. The van der Waals surface area contributed by atoms with Crippen LogP contribution in [0, 0.1) is 0 Å². The van der Waals surface area contributed by atoms with Gasteiger partial charge in [-0.1, -0.05) is 49.4 Å². The van der Waals surface area contributed by atoms with Gasteiger partial charge in [-0.3, -0.25) is 14.4 Å². The highest BCUT2D eigenvalue weighted by Crippen LogP contribution is 2.31. The molecule has 0 radical (unpaired) electrons. The summed E-state index contributed by atoms with van der Waals surface area (Å²) in [4.78, 5) is 39.8. The molecule has 32 heavy (non-hydrogen) atoms. The SMILES string of the molecule is CCc1ccc(CNC(=O)CNC(=O)[C@]2(C)Cn3c(cc4ccccc43)C(=O)N2C)cc1. The number of amides is 3. The van der Waals surface area contributed by atoms with Crippen molar-refractivity contribution in [2.75, 3.05) is 13.6 Å². The Hall–Kier alpha value is -3.61. The van der Waals surface area contributed by atoms with E-state index >= 15 is 0 Å². The molecule has 2 heterocycles. The molecule has 1 aliphatic rings. The van der Waals surface area contributed by atoms with Gasteiger partial charge in [0.05, 0.1) is 13.1 Å². The molecule has 2 aromatic carbocycles. The summed E-state index contributed by atoms with van der Waals surface area (Å²) in [7, 11) is 1.63. The molecule has 7 heteroatoms. The van der Waals surface area contributed by atoms with Gasteiger partial charge in [0.25, 0.3) is 5.91 Å². The molecule has 166 valence electrons. The first-order valence-electron chi connectivity index (χ1n) is 10.8. The van der Waals surface area contributed by atoms with Crippen molar-refractivity contribution < 1.29 is 14.4 Å². The molecule has 4 rings (SSSR count). The van der Waals surface area contributed by atoms with Gasteiger partial charge in [0.1, 0.15) is 11.2 Å². The first-order chi connectivity index (χ1) is 15.3. The zero-order chi connectivity index (χ0) is 22.9. The van der Waals surface area contributed by atoms with Crippen molar-refractivity contribution in [2.45, 2.75) is 38.9 Å². The quantitative estimate of drug-likeness (QED) is 0.628. The van der Waals surface area contributed by atoms with Crippen molar-refractivity contribution in [3.63, 3.8) is 0 Å². The maximum absolute atomic E-state index is 13.1. The molecule has 2 N–H and O–H groups in total. The molecular weight excluding hydrogens is 404 g/mol. The average molecular weight is 433 g/mol. The van der Waals surface area contributed by atoms with Gasteiger partial charge in [-0.2, -0.15) is 0 Å². The molecule has 7 nitrogen and oxygen atoms in total. The number of nitrogens with zero attached hydrogens (tertiary/aromatic N) is 2. The van der Waals surface area contributed by atoms with E-state index in [4.69, 9.17) is 0 Å². The first kappa shape index (κ1) is 21.6. The Morgan fingerprint density at radius 1 is 1.03 bits per heavy atom. The van der Waals surface area contributed by atoms with E-state index < -0.39 is 5.54 Å². The van der Waals surface area contributed by atoms with Gasteiger partial charge >= 0.3 is 0 Å². The highest BCUT2D eigenvalue weighted by Gasteiger charge is 2.45. The third-order valence-electron chi connectivity index (χ3n) is 6.36. The smallest absolute Gasteiger partial charge is 0.271 e. The van der Waals surface area contributed by atoms with Crippen LogP contribution in [0.4, 0.5) is 0 Å². The number of carbonyl (C=O) groups is 3. The molecule has 3 amide bonds. The van der Waals surface area contributed by atoms with Crippen molar-refractivity contribution >= 4 is 28.6 Å². The molecule has 1 atom stereocenters. The number of likely N-dealkylation sites (N-methyl/N-ethyl adjacent to an activating group) is 1. The van der Waals surface area contributed by atoms with Crippen molar-refractivity contribution in [2.24, 2.45) is 0 Å². The van der Waals surface area contributed by atoms with Crippen LogP contribution < -0.4 is 10.6 Å². The van der Waals surface area contributed by atoms with Crippen molar-refractivity contribution in [3.8, 4) is 0 Å². The summed E-state index contributed by atoms with van der Waals surface area (Å²) in [6.07, 6.45) is 0.967. The second-order valence-electron chi connectivity index (χ2n) is 8.44. The Balaban J connectivity index is 1.41. The van der Waals surface area contributed by atoms with Crippen LogP contribution in [0.15, 0.2) is 54.6 Å². The van der Waals surface area contributed by atoms with Gasteiger partial charge in [0.2, 0.25) is 11.8 Å². The van der Waals surface area contributed by atoms with Crippen LogP contribution in [-0.2, 0) is 29.1 Å². The first-order valence-corrected chi connectivity index (χ1v) is 10.8. The Labute approximate surface area is 187 Å². The van der Waals surface area contributed by atoms with Gasteiger partial charge in [-0.15, -0.1) is 0 Å². The number of aryl methyl sites for hydroxylation is 1. The maximum atomic E-state index is 13.1. The summed E-state index contributed by atoms with van der Waals surface area (Å²) in [5.74, 6) is -0.859. The fourth-order valence-electron chi connectivity index (χ4n) is 4.10. The number of carbonyl (C=O) groups excluding carboxylic acids is 3. The van der Waals surface area contributed by atoms with E-state index in [9.17, 15) is 14.4 Å². The summed E-state index contributed by atoms with van der Waals surface area (Å²) in [6.45, 7) is 4.38. The number of aromatic nitrogens is 1. The van der Waals surface area contributed by atoms with E-state index in [1.165, 1.54) is 10.5 Å². The molecule has 0 unspecified atom stereocenters. The lowest BCUT2D eigenvalue weighted by Gasteiger charge is -2.41. The number of benzene rings is 2. The van der Waals surface area contributed by atoms with Crippen LogP contribution in [0.2, 0.25) is 0 Å². The number of hydrogen-bond donors (Lipinski definition) is 2. The van der Waals surface area contributed by atoms with Crippen LogP contribution in [0.3, 0.4) is 0 Å². The average Bonchev–Trinajstić information content (AvgIpc) is 3.18. The van der Waals surface area contributed by atoms with Crippen LogP contribution in [0.5, 0.6) is 0 Å². The molecular formula is C25H28N4O3. The second kappa shape index (κ2) is 8.49. The molecule has 0 saturated heterocycles. The monoisotopic (exact) mass is 432 g/mol. The Bertz CT molecular complexity index is 1180. The van der Waals surface area contributed by atoms with Gasteiger partial charge in [-0.05, 0) is 36.6 Å². The van der Waals surface area contributed by atoms with Crippen molar-refractivity contribution in [1.82, 2.24) is 20.1 Å². The van der Waals surface area contributed by atoms with Gasteiger partial charge in [-0.25, -0.2) is 0 Å². The van der Waals surface area contributed by atoms with Crippen LogP contribution in [0.25, 0.3) is 10.9 Å². The fourth-order valence-corrected chi connectivity index (χ4v) is 4.10. The highest BCUT2D eigenvalue weighted by molar-refractivity contribution is 6.03. The van der Waals surface area contributed by atoms with E-state index in [0.717, 1.165) is 22.9 Å². The van der Waals surface area contributed by atoms with Crippen molar-refractivity contribution in [1.29, 1.82) is 0 Å². The second-order valence-corrected chi connectivity index (χ2v) is 8.44. The Morgan fingerprint density at radius 2 is 1.72 bits per heavy atom. The summed E-state index contributed by atoms with van der Waals surface area (Å²) in [5.41, 5.74) is 2.60. The maximum Gasteiger partial charge on any atom is 0.271 e. The number of para-hydroxylation sites is 1. The molecule has 0 aliphatic carbocycles. The molecule has 1 aliphatic heterocycles. The molecule has 0 fully saturated rings. The molecule has 0 spiro atoms. The Kier molecular flexibility index (Phi) is 5.74. The van der Waals surface area contributed by atoms with Gasteiger partial charge in [0, 0.05) is 24.5 Å². The summed E-state index contributed by atoms with van der Waals surface area (Å²) in [6, 6.07) is 17.6. The van der Waals surface area contributed by atoms with Crippen LogP contribution in [-0.4, -0.2) is 46.3 Å². The van der Waals surface area contributed by atoms with E-state index in [2.05, 4.69) is 17.6 Å². The number of nitrogens with one attached hydrogen (secondary N) is 2. The standard InChI is InChI=1S/C25H28N4O3/c1-4-17-9-11-18(12-10-17)14-26-22(30)15-27-24(32)25(2)16-29-20-8-6-5-7-19(20)13-21(29)23(31)28(25)3/h5-13H,4,14-16H2,1-3H3,(H,26,30)(H,27,32)/t25-/m0/s1. The number of hydrogen-bond acceptors (Lipinski definition) is 3. The third-order valence-corrected chi connectivity index (χ3v) is 6.36. The molecule has 1 aromatic heterocycles. The Morgan fingerprint density at radius 3 is 2.44 bits per heavy atom. The number of rotatable bonds is 6. The van der Waals surface area contributed by atoms with Crippen LogP contribution >= 0.6 is 0 Å². The normalized spacial score (nSPS) is 17.8. The molecule has 3 aromatic rings. The van der Waals surface area contributed by atoms with E-state index in [1.54, 1.807) is 14.0 Å². The van der Waals surface area contributed by atoms with Gasteiger partial charge < -0.3 is 20.1 Å². The fraction of sp³-hybridized carbons (Fsp3) is 0.320. The lowest BCUT2D eigenvalue weighted by Crippen LogP contribution is -2.63. The summed E-state index contributed by atoms with van der Waals surface area (Å²) < 4.78 is 1.89. The van der Waals surface area contributed by atoms with E-state index in [0.29, 0.717) is 18.8 Å².